The Balaban J connectivity index is 1.26. The van der Waals surface area contributed by atoms with Crippen molar-refractivity contribution in [2.75, 3.05) is 11.9 Å². The van der Waals surface area contributed by atoms with Gasteiger partial charge in [-0.3, -0.25) is 14.6 Å². The highest BCUT2D eigenvalue weighted by Crippen LogP contribution is 2.22. The second kappa shape index (κ2) is 9.97. The number of pyridine rings is 2. The van der Waals surface area contributed by atoms with Crippen LogP contribution in [0.4, 0.5) is 5.82 Å². The van der Waals surface area contributed by atoms with E-state index in [-0.39, 0.29) is 12.3 Å². The van der Waals surface area contributed by atoms with Crippen molar-refractivity contribution in [2.45, 2.75) is 38.1 Å². The number of para-hydroxylation sites is 1. The summed E-state index contributed by atoms with van der Waals surface area (Å²) in [5.74, 6) is -0.370. The van der Waals surface area contributed by atoms with E-state index in [0.29, 0.717) is 11.3 Å². The van der Waals surface area contributed by atoms with E-state index in [0.717, 1.165) is 60.2 Å². The van der Waals surface area contributed by atoms with Gasteiger partial charge in [0.1, 0.15) is 11.5 Å². The van der Waals surface area contributed by atoms with Crippen LogP contribution in [0.1, 0.15) is 51.8 Å². The molecule has 0 saturated heterocycles. The number of H-pyrrole nitrogens is 1. The molecular weight excluding hydrogens is 442 g/mol. The maximum absolute atomic E-state index is 12.9. The van der Waals surface area contributed by atoms with Gasteiger partial charge in [0.05, 0.1) is 18.0 Å². The van der Waals surface area contributed by atoms with E-state index < -0.39 is 12.0 Å². The monoisotopic (exact) mass is 469 g/mol. The van der Waals surface area contributed by atoms with Gasteiger partial charge in [0.15, 0.2) is 0 Å². The molecule has 1 aliphatic heterocycles. The topological polar surface area (TPSA) is 120 Å². The van der Waals surface area contributed by atoms with Crippen LogP contribution in [0.3, 0.4) is 0 Å². The van der Waals surface area contributed by atoms with Gasteiger partial charge in [-0.25, -0.2) is 4.98 Å². The number of aliphatic carboxylic acids is 1. The Bertz CT molecular complexity index is 1380. The molecule has 0 radical (unpaired) electrons. The van der Waals surface area contributed by atoms with E-state index in [1.54, 1.807) is 6.20 Å². The molecular formula is C27H27N5O3. The Morgan fingerprint density at radius 3 is 2.89 bits per heavy atom. The Morgan fingerprint density at radius 1 is 1.11 bits per heavy atom. The van der Waals surface area contributed by atoms with E-state index in [1.165, 1.54) is 5.56 Å². The van der Waals surface area contributed by atoms with Crippen molar-refractivity contribution in [2.24, 2.45) is 0 Å². The van der Waals surface area contributed by atoms with E-state index >= 15 is 0 Å². The zero-order chi connectivity index (χ0) is 24.2. The SMILES string of the molecule is O=C(O)CC(NC(=O)c1cc(CCc2ccc3c(n2)NCCC3)c[nH]1)c1cnc2ccccc2c1. The second-order valence-corrected chi connectivity index (χ2v) is 8.85. The van der Waals surface area contributed by atoms with Crippen LogP contribution < -0.4 is 10.6 Å². The van der Waals surface area contributed by atoms with Gasteiger partial charge in [0, 0.05) is 30.0 Å². The largest absolute Gasteiger partial charge is 0.481 e. The molecule has 0 fully saturated rings. The van der Waals surface area contributed by atoms with Crippen LogP contribution in [0.15, 0.2) is 60.9 Å². The predicted molar refractivity (Wildman–Crippen MR) is 133 cm³/mol. The number of nitrogens with one attached hydrogen (secondary N) is 3. The number of rotatable bonds is 8. The van der Waals surface area contributed by atoms with E-state index in [2.05, 4.69) is 32.7 Å². The lowest BCUT2D eigenvalue weighted by Crippen LogP contribution is -2.30. The minimum absolute atomic E-state index is 0.239. The summed E-state index contributed by atoms with van der Waals surface area (Å²) < 4.78 is 0. The van der Waals surface area contributed by atoms with Crippen LogP contribution in [-0.4, -0.2) is 38.5 Å². The number of carbonyl (C=O) groups excluding carboxylic acids is 1. The Labute approximate surface area is 202 Å². The van der Waals surface area contributed by atoms with Crippen LogP contribution in [0, 0.1) is 0 Å². The zero-order valence-electron chi connectivity index (χ0n) is 19.3. The van der Waals surface area contributed by atoms with Gasteiger partial charge in [0.2, 0.25) is 0 Å². The number of hydrogen-bond donors (Lipinski definition) is 4. The first-order valence-electron chi connectivity index (χ1n) is 11.8. The summed E-state index contributed by atoms with van der Waals surface area (Å²) >= 11 is 0. The lowest BCUT2D eigenvalue weighted by molar-refractivity contribution is -0.137. The maximum atomic E-state index is 12.9. The molecule has 4 aromatic rings. The molecule has 8 heteroatoms. The molecule has 35 heavy (non-hydrogen) atoms. The average Bonchev–Trinajstić information content (AvgIpc) is 3.36. The van der Waals surface area contributed by atoms with Gasteiger partial charge in [-0.05, 0) is 66.6 Å². The Morgan fingerprint density at radius 2 is 2.00 bits per heavy atom. The summed E-state index contributed by atoms with van der Waals surface area (Å²) in [5.41, 5.74) is 5.12. The first-order chi connectivity index (χ1) is 17.0. The van der Waals surface area contributed by atoms with Crippen molar-refractivity contribution in [1.29, 1.82) is 0 Å². The number of carbonyl (C=O) groups is 2. The first-order valence-corrected chi connectivity index (χ1v) is 11.8. The third-order valence-corrected chi connectivity index (χ3v) is 6.31. The molecule has 3 aromatic heterocycles. The summed E-state index contributed by atoms with van der Waals surface area (Å²) in [5, 5.41) is 16.5. The number of aromatic amines is 1. The molecule has 1 atom stereocenters. The minimum Gasteiger partial charge on any atom is -0.481 e. The molecule has 5 rings (SSSR count). The second-order valence-electron chi connectivity index (χ2n) is 8.85. The van der Waals surface area contributed by atoms with Crippen molar-refractivity contribution in [3.8, 4) is 0 Å². The summed E-state index contributed by atoms with van der Waals surface area (Å²) in [6.45, 7) is 0.956. The van der Waals surface area contributed by atoms with Crippen LogP contribution in [0.25, 0.3) is 10.9 Å². The Hall–Kier alpha value is -4.20. The van der Waals surface area contributed by atoms with Crippen molar-refractivity contribution in [3.05, 3.63) is 89.0 Å². The number of benzene rings is 1. The molecule has 1 unspecified atom stereocenters. The fourth-order valence-corrected chi connectivity index (χ4v) is 4.44. The number of carboxylic acid groups (broad SMARTS) is 1. The van der Waals surface area contributed by atoms with Crippen molar-refractivity contribution in [3.63, 3.8) is 0 Å². The lowest BCUT2D eigenvalue weighted by Gasteiger charge is -2.17. The first kappa shape index (κ1) is 22.6. The number of fused-ring (bicyclic) bond motifs is 2. The number of nitrogens with zero attached hydrogens (tertiary/aromatic N) is 2. The van der Waals surface area contributed by atoms with Crippen LogP contribution in [0.2, 0.25) is 0 Å². The summed E-state index contributed by atoms with van der Waals surface area (Å²) in [4.78, 5) is 36.6. The fourth-order valence-electron chi connectivity index (χ4n) is 4.44. The molecule has 0 saturated carbocycles. The third-order valence-electron chi connectivity index (χ3n) is 6.31. The quantitative estimate of drug-likeness (QED) is 0.309. The van der Waals surface area contributed by atoms with Crippen LogP contribution in [-0.2, 0) is 24.1 Å². The van der Waals surface area contributed by atoms with Gasteiger partial charge in [0.25, 0.3) is 5.91 Å². The smallest absolute Gasteiger partial charge is 0.305 e. The Kier molecular flexibility index (Phi) is 6.43. The van der Waals surface area contributed by atoms with Crippen molar-refractivity contribution < 1.29 is 14.7 Å². The minimum atomic E-state index is -0.998. The van der Waals surface area contributed by atoms with Gasteiger partial charge in [-0.1, -0.05) is 24.3 Å². The van der Waals surface area contributed by atoms with Crippen molar-refractivity contribution >= 4 is 28.6 Å². The summed E-state index contributed by atoms with van der Waals surface area (Å²) in [6, 6.07) is 14.8. The standard InChI is InChI=1S/C27H27N5O3/c33-25(34)14-23(20-13-19-4-1-2-6-22(19)30-16-20)32-27(35)24-12-17(15-29-24)7-9-21-10-8-18-5-3-11-28-26(18)31-21/h1-2,4,6,8,10,12-13,15-16,23,29H,3,5,7,9,11,14H2,(H,28,31)(H,32,35)(H,33,34). The number of carboxylic acids is 1. The third kappa shape index (κ3) is 5.32. The number of aryl methyl sites for hydroxylation is 3. The average molecular weight is 470 g/mol. The molecule has 8 nitrogen and oxygen atoms in total. The molecule has 1 amide bonds. The van der Waals surface area contributed by atoms with Gasteiger partial charge < -0.3 is 20.7 Å². The highest BCUT2D eigenvalue weighted by Gasteiger charge is 2.21. The number of hydrogen-bond acceptors (Lipinski definition) is 5. The highest BCUT2D eigenvalue weighted by molar-refractivity contribution is 5.93. The van der Waals surface area contributed by atoms with Crippen LogP contribution in [0.5, 0.6) is 0 Å². The molecule has 0 spiro atoms. The molecule has 4 heterocycles. The van der Waals surface area contributed by atoms with E-state index in [4.69, 9.17) is 4.98 Å². The lowest BCUT2D eigenvalue weighted by atomic mass is 10.0. The number of aromatic nitrogens is 3. The molecule has 0 aliphatic carbocycles. The van der Waals surface area contributed by atoms with Gasteiger partial charge in [-0.2, -0.15) is 0 Å². The highest BCUT2D eigenvalue weighted by atomic mass is 16.4. The van der Waals surface area contributed by atoms with E-state index in [9.17, 15) is 14.7 Å². The van der Waals surface area contributed by atoms with Crippen LogP contribution >= 0.6 is 0 Å². The predicted octanol–water partition coefficient (Wildman–Crippen LogP) is 4.05. The molecule has 1 aromatic carbocycles. The fraction of sp³-hybridized carbons (Fsp3) is 0.259. The molecule has 0 bridgehead atoms. The van der Waals surface area contributed by atoms with Gasteiger partial charge >= 0.3 is 5.97 Å². The maximum Gasteiger partial charge on any atom is 0.305 e. The molecule has 4 N–H and O–H groups in total. The summed E-state index contributed by atoms with van der Waals surface area (Å²) in [6.07, 6.45) is 6.89. The van der Waals surface area contributed by atoms with Gasteiger partial charge in [-0.15, -0.1) is 0 Å². The zero-order valence-corrected chi connectivity index (χ0v) is 19.3. The van der Waals surface area contributed by atoms with E-state index in [1.807, 2.05) is 42.6 Å². The number of amides is 1. The molecule has 178 valence electrons. The van der Waals surface area contributed by atoms with Crippen molar-refractivity contribution in [1.82, 2.24) is 20.3 Å². The normalized spacial score (nSPS) is 13.6. The number of anilines is 1. The summed E-state index contributed by atoms with van der Waals surface area (Å²) in [7, 11) is 0. The molecule has 1 aliphatic rings.